The highest BCUT2D eigenvalue weighted by molar-refractivity contribution is 7.10. The molecule has 1 aromatic heterocycles. The zero-order valence-corrected chi connectivity index (χ0v) is 17.3. The molecule has 0 atom stereocenters. The second-order valence-corrected chi connectivity index (χ2v) is 8.05. The van der Waals surface area contributed by atoms with Crippen molar-refractivity contribution in [2.75, 3.05) is 4.90 Å². The molecule has 144 valence electrons. The first kappa shape index (κ1) is 18.4. The Morgan fingerprint density at radius 2 is 1.17 bits per heavy atom. The number of anilines is 3. The highest BCUT2D eigenvalue weighted by atomic mass is 32.1. The molecular formula is C28H21NS. The lowest BCUT2D eigenvalue weighted by molar-refractivity contribution is 1.30. The normalized spacial score (nSPS) is 11.2. The Hall–Kier alpha value is -3.62. The molecule has 0 saturated carbocycles. The number of para-hydroxylation sites is 2. The number of hydrogen-bond donors (Lipinski definition) is 0. The van der Waals surface area contributed by atoms with Crippen molar-refractivity contribution in [2.45, 2.75) is 0 Å². The lowest BCUT2D eigenvalue weighted by atomic mass is 10.0. The smallest absolute Gasteiger partial charge is 0.0540 e. The van der Waals surface area contributed by atoms with Crippen molar-refractivity contribution in [3.63, 3.8) is 0 Å². The number of thiophene rings is 1. The van der Waals surface area contributed by atoms with Gasteiger partial charge in [0.05, 0.1) is 5.69 Å². The molecule has 0 saturated heterocycles. The molecule has 4 aromatic carbocycles. The second-order valence-electron chi connectivity index (χ2n) is 7.07. The van der Waals surface area contributed by atoms with Crippen molar-refractivity contribution in [2.24, 2.45) is 0 Å². The van der Waals surface area contributed by atoms with Crippen LogP contribution in [0, 0.1) is 0 Å². The van der Waals surface area contributed by atoms with E-state index >= 15 is 0 Å². The quantitative estimate of drug-likeness (QED) is 0.284. The number of benzene rings is 4. The highest BCUT2D eigenvalue weighted by Gasteiger charge is 2.15. The summed E-state index contributed by atoms with van der Waals surface area (Å²) in [4.78, 5) is 3.59. The number of nitrogens with zero attached hydrogens (tertiary/aromatic N) is 1. The third kappa shape index (κ3) is 3.66. The summed E-state index contributed by atoms with van der Waals surface area (Å²) in [6.45, 7) is 0. The summed E-state index contributed by atoms with van der Waals surface area (Å²) in [7, 11) is 0. The lowest BCUT2D eigenvalue weighted by Crippen LogP contribution is -2.10. The van der Waals surface area contributed by atoms with Gasteiger partial charge in [0.1, 0.15) is 0 Å². The minimum atomic E-state index is 1.15. The molecule has 0 N–H and O–H groups in total. The molecule has 0 radical (unpaired) electrons. The first-order valence-corrected chi connectivity index (χ1v) is 10.9. The largest absolute Gasteiger partial charge is 0.310 e. The van der Waals surface area contributed by atoms with Gasteiger partial charge in [0.2, 0.25) is 0 Å². The molecule has 0 aliphatic heterocycles. The number of rotatable bonds is 5. The minimum absolute atomic E-state index is 1.15. The van der Waals surface area contributed by atoms with E-state index in [0.29, 0.717) is 0 Å². The van der Waals surface area contributed by atoms with E-state index in [0.717, 1.165) is 11.4 Å². The highest BCUT2D eigenvalue weighted by Crippen LogP contribution is 2.39. The third-order valence-electron chi connectivity index (χ3n) is 5.17. The van der Waals surface area contributed by atoms with Crippen LogP contribution >= 0.6 is 11.3 Å². The van der Waals surface area contributed by atoms with Crippen LogP contribution in [-0.2, 0) is 0 Å². The maximum atomic E-state index is 2.33. The second kappa shape index (κ2) is 8.40. The van der Waals surface area contributed by atoms with E-state index in [1.54, 1.807) is 11.3 Å². The first-order chi connectivity index (χ1) is 14.9. The van der Waals surface area contributed by atoms with E-state index in [4.69, 9.17) is 0 Å². The van der Waals surface area contributed by atoms with Crippen LogP contribution < -0.4 is 4.90 Å². The SMILES string of the molecule is C(=C\c1ccc(N(c2ccccc2)c2ccccc2)c2ccccc12)/c1cccs1. The van der Waals surface area contributed by atoms with E-state index in [1.807, 2.05) is 0 Å². The zero-order valence-electron chi connectivity index (χ0n) is 16.5. The summed E-state index contributed by atoms with van der Waals surface area (Å²) in [5, 5.41) is 4.59. The van der Waals surface area contributed by atoms with Gasteiger partial charge in [-0.1, -0.05) is 78.9 Å². The van der Waals surface area contributed by atoms with Crippen LogP contribution in [0.4, 0.5) is 17.1 Å². The summed E-state index contributed by atoms with van der Waals surface area (Å²) in [5.41, 5.74) is 4.70. The molecule has 5 aromatic rings. The zero-order chi connectivity index (χ0) is 20.2. The predicted octanol–water partition coefficient (Wildman–Crippen LogP) is 8.54. The molecule has 30 heavy (non-hydrogen) atoms. The van der Waals surface area contributed by atoms with Gasteiger partial charge in [0, 0.05) is 21.6 Å². The Balaban J connectivity index is 1.68. The van der Waals surface area contributed by atoms with Gasteiger partial charge in [-0.2, -0.15) is 0 Å². The molecule has 5 rings (SSSR count). The molecule has 1 nitrogen and oxygen atoms in total. The summed E-state index contributed by atoms with van der Waals surface area (Å²) in [5.74, 6) is 0. The van der Waals surface area contributed by atoms with E-state index in [-0.39, 0.29) is 0 Å². The molecule has 0 amide bonds. The fourth-order valence-electron chi connectivity index (χ4n) is 3.79. The van der Waals surface area contributed by atoms with Crippen LogP contribution in [0.15, 0.2) is 115 Å². The van der Waals surface area contributed by atoms with Crippen LogP contribution in [0.2, 0.25) is 0 Å². The van der Waals surface area contributed by atoms with Crippen molar-refractivity contribution >= 4 is 51.3 Å². The van der Waals surface area contributed by atoms with Gasteiger partial charge in [0.25, 0.3) is 0 Å². The van der Waals surface area contributed by atoms with Gasteiger partial charge in [-0.15, -0.1) is 11.3 Å². The van der Waals surface area contributed by atoms with E-state index < -0.39 is 0 Å². The molecule has 0 unspecified atom stereocenters. The third-order valence-corrected chi connectivity index (χ3v) is 6.01. The van der Waals surface area contributed by atoms with Gasteiger partial charge >= 0.3 is 0 Å². The maximum absolute atomic E-state index is 2.33. The molecular weight excluding hydrogens is 382 g/mol. The van der Waals surface area contributed by atoms with Crippen molar-refractivity contribution in [3.8, 4) is 0 Å². The Kier molecular flexibility index (Phi) is 5.15. The van der Waals surface area contributed by atoms with Crippen LogP contribution in [-0.4, -0.2) is 0 Å². The fraction of sp³-hybridized carbons (Fsp3) is 0. The van der Waals surface area contributed by atoms with Crippen molar-refractivity contribution in [1.82, 2.24) is 0 Å². The number of fused-ring (bicyclic) bond motifs is 1. The van der Waals surface area contributed by atoms with Gasteiger partial charge < -0.3 is 4.90 Å². The monoisotopic (exact) mass is 403 g/mol. The molecule has 0 aliphatic carbocycles. The molecule has 0 fully saturated rings. The summed E-state index contributed by atoms with van der Waals surface area (Å²) in [6, 6.07) is 38.5. The predicted molar refractivity (Wildman–Crippen MR) is 132 cm³/mol. The van der Waals surface area contributed by atoms with Crippen LogP contribution in [0.3, 0.4) is 0 Å². The molecule has 0 spiro atoms. The van der Waals surface area contributed by atoms with Crippen LogP contribution in [0.25, 0.3) is 22.9 Å². The standard InChI is InChI=1S/C28H21NS/c1-3-10-23(11-4-1)29(24-12-5-2-6-13-24)28-20-18-22(17-19-25-14-9-21-30-25)26-15-7-8-16-27(26)28/h1-21H/b19-17+. The van der Waals surface area contributed by atoms with Crippen LogP contribution in [0.1, 0.15) is 10.4 Å². The van der Waals surface area contributed by atoms with Crippen LogP contribution in [0.5, 0.6) is 0 Å². The summed E-state index contributed by atoms with van der Waals surface area (Å²) < 4.78 is 0. The average Bonchev–Trinajstić information content (AvgIpc) is 3.34. The van der Waals surface area contributed by atoms with Crippen molar-refractivity contribution in [1.29, 1.82) is 0 Å². The number of hydrogen-bond acceptors (Lipinski definition) is 2. The topological polar surface area (TPSA) is 3.24 Å². The Morgan fingerprint density at radius 1 is 0.533 bits per heavy atom. The first-order valence-electron chi connectivity index (χ1n) is 10.0. The minimum Gasteiger partial charge on any atom is -0.310 e. The van der Waals surface area contributed by atoms with Gasteiger partial charge in [-0.25, -0.2) is 0 Å². The molecule has 2 heteroatoms. The lowest BCUT2D eigenvalue weighted by Gasteiger charge is -2.27. The fourth-order valence-corrected chi connectivity index (χ4v) is 4.40. The molecule has 1 heterocycles. The average molecular weight is 404 g/mol. The van der Waals surface area contributed by atoms with Crippen molar-refractivity contribution in [3.05, 3.63) is 125 Å². The van der Waals surface area contributed by atoms with Gasteiger partial charge in [-0.3, -0.25) is 0 Å². The van der Waals surface area contributed by atoms with Crippen molar-refractivity contribution < 1.29 is 0 Å². The van der Waals surface area contributed by atoms with E-state index in [2.05, 4.69) is 132 Å². The molecule has 0 bridgehead atoms. The maximum Gasteiger partial charge on any atom is 0.0540 e. The van der Waals surface area contributed by atoms with E-state index in [9.17, 15) is 0 Å². The van der Waals surface area contributed by atoms with Gasteiger partial charge in [-0.05, 0) is 58.8 Å². The Morgan fingerprint density at radius 3 is 1.80 bits per heavy atom. The summed E-state index contributed by atoms with van der Waals surface area (Å²) in [6.07, 6.45) is 4.41. The molecule has 0 aliphatic rings. The summed E-state index contributed by atoms with van der Waals surface area (Å²) >= 11 is 1.76. The Labute approximate surface area is 181 Å². The van der Waals surface area contributed by atoms with Gasteiger partial charge in [0.15, 0.2) is 0 Å². The van der Waals surface area contributed by atoms with E-state index in [1.165, 1.54) is 26.9 Å². The Bertz CT molecular complexity index is 1230.